The number of phosphoric acid groups is 1. The second-order valence-corrected chi connectivity index (χ2v) is 8.65. The SMILES string of the molecule is CCC(C)(CC)OP(=O)(O)OC(C)(CC)CC(C)(C)C. The van der Waals surface area contributed by atoms with E-state index in [2.05, 4.69) is 20.8 Å². The predicted molar refractivity (Wildman–Crippen MR) is 83.8 cm³/mol. The molecule has 0 heterocycles. The molecule has 5 heteroatoms. The van der Waals surface area contributed by atoms with Gasteiger partial charge in [0.25, 0.3) is 0 Å². The summed E-state index contributed by atoms with van der Waals surface area (Å²) in [5, 5.41) is 0. The van der Waals surface area contributed by atoms with Crippen LogP contribution in [0.1, 0.15) is 81.1 Å². The zero-order valence-corrected chi connectivity index (χ0v) is 15.3. The van der Waals surface area contributed by atoms with Crippen molar-refractivity contribution in [1.29, 1.82) is 0 Å². The Morgan fingerprint density at radius 2 is 1.20 bits per heavy atom. The van der Waals surface area contributed by atoms with Crippen molar-refractivity contribution < 1.29 is 18.5 Å². The summed E-state index contributed by atoms with van der Waals surface area (Å²) in [5.74, 6) is 0. The van der Waals surface area contributed by atoms with Crippen molar-refractivity contribution in [2.45, 2.75) is 92.3 Å². The minimum Gasteiger partial charge on any atom is -0.302 e. The van der Waals surface area contributed by atoms with E-state index in [1.807, 2.05) is 34.6 Å². The molecule has 0 aliphatic rings. The molecule has 0 spiro atoms. The molecule has 0 bridgehead atoms. The third-order valence-corrected chi connectivity index (χ3v) is 5.16. The van der Waals surface area contributed by atoms with Gasteiger partial charge in [-0.1, -0.05) is 41.5 Å². The highest BCUT2D eigenvalue weighted by molar-refractivity contribution is 7.47. The lowest BCUT2D eigenvalue weighted by molar-refractivity contribution is -0.0304. The maximum Gasteiger partial charge on any atom is 0.473 e. The van der Waals surface area contributed by atoms with Crippen LogP contribution in [0.4, 0.5) is 0 Å². The Labute approximate surface area is 124 Å². The van der Waals surface area contributed by atoms with Gasteiger partial charge in [-0.25, -0.2) is 4.57 Å². The summed E-state index contributed by atoms with van der Waals surface area (Å²) in [5.41, 5.74) is -1.27. The Balaban J connectivity index is 5.00. The molecule has 0 aromatic carbocycles. The van der Waals surface area contributed by atoms with E-state index in [0.29, 0.717) is 25.7 Å². The van der Waals surface area contributed by atoms with Crippen molar-refractivity contribution in [3.05, 3.63) is 0 Å². The molecule has 1 N–H and O–H groups in total. The van der Waals surface area contributed by atoms with Crippen LogP contribution in [0.25, 0.3) is 0 Å². The summed E-state index contributed by atoms with van der Waals surface area (Å²) >= 11 is 0. The van der Waals surface area contributed by atoms with Gasteiger partial charge in [0.15, 0.2) is 0 Å². The van der Waals surface area contributed by atoms with Crippen LogP contribution in [-0.4, -0.2) is 16.1 Å². The van der Waals surface area contributed by atoms with Crippen LogP contribution in [0.2, 0.25) is 0 Å². The molecule has 2 atom stereocenters. The first-order valence-electron chi connectivity index (χ1n) is 7.55. The van der Waals surface area contributed by atoms with E-state index in [1.54, 1.807) is 0 Å². The first kappa shape index (κ1) is 20.1. The average Bonchev–Trinajstić information content (AvgIpc) is 2.24. The molecule has 0 fully saturated rings. The smallest absolute Gasteiger partial charge is 0.302 e. The Morgan fingerprint density at radius 1 is 0.850 bits per heavy atom. The third-order valence-electron chi connectivity index (χ3n) is 3.82. The fraction of sp³-hybridized carbons (Fsp3) is 1.00. The van der Waals surface area contributed by atoms with Crippen molar-refractivity contribution in [2.24, 2.45) is 5.41 Å². The van der Waals surface area contributed by atoms with Crippen LogP contribution in [0.15, 0.2) is 0 Å². The van der Waals surface area contributed by atoms with Crippen molar-refractivity contribution >= 4 is 7.82 Å². The zero-order valence-electron chi connectivity index (χ0n) is 14.4. The lowest BCUT2D eigenvalue weighted by atomic mass is 9.82. The van der Waals surface area contributed by atoms with Gasteiger partial charge in [-0.3, -0.25) is 9.05 Å². The fourth-order valence-corrected chi connectivity index (χ4v) is 3.90. The molecule has 0 amide bonds. The average molecular weight is 308 g/mol. The number of rotatable bonds is 8. The summed E-state index contributed by atoms with van der Waals surface area (Å²) in [6, 6.07) is 0. The number of hydrogen-bond acceptors (Lipinski definition) is 3. The van der Waals surface area contributed by atoms with Crippen LogP contribution in [0, 0.1) is 5.41 Å². The molecule has 0 aromatic rings. The molecule has 4 nitrogen and oxygen atoms in total. The Bertz CT molecular complexity index is 344. The highest BCUT2D eigenvalue weighted by atomic mass is 31.2. The quantitative estimate of drug-likeness (QED) is 0.618. The van der Waals surface area contributed by atoms with Crippen molar-refractivity contribution in [3.63, 3.8) is 0 Å². The molecule has 0 rings (SSSR count). The first-order chi connectivity index (χ1) is 8.80. The van der Waals surface area contributed by atoms with E-state index in [0.717, 1.165) is 0 Å². The van der Waals surface area contributed by atoms with Gasteiger partial charge >= 0.3 is 7.82 Å². The summed E-state index contributed by atoms with van der Waals surface area (Å²) in [7, 11) is -4.07. The molecule has 0 aromatic heterocycles. The topological polar surface area (TPSA) is 55.8 Å². The Morgan fingerprint density at radius 3 is 1.50 bits per heavy atom. The molecular weight excluding hydrogens is 275 g/mol. The van der Waals surface area contributed by atoms with E-state index in [-0.39, 0.29) is 5.41 Å². The molecule has 2 unspecified atom stereocenters. The van der Waals surface area contributed by atoms with E-state index < -0.39 is 19.0 Å². The Kier molecular flexibility index (Phi) is 6.95. The lowest BCUT2D eigenvalue weighted by Crippen LogP contribution is -2.34. The monoisotopic (exact) mass is 308 g/mol. The summed E-state index contributed by atoms with van der Waals surface area (Å²) < 4.78 is 23.3. The lowest BCUT2D eigenvalue weighted by Gasteiger charge is -2.37. The molecule has 20 heavy (non-hydrogen) atoms. The minimum absolute atomic E-state index is 0.0174. The van der Waals surface area contributed by atoms with Gasteiger partial charge in [-0.2, -0.15) is 0 Å². The van der Waals surface area contributed by atoms with Crippen LogP contribution >= 0.6 is 7.82 Å². The molecule has 0 saturated carbocycles. The first-order valence-corrected chi connectivity index (χ1v) is 9.04. The van der Waals surface area contributed by atoms with Gasteiger partial charge in [0.05, 0.1) is 11.2 Å². The second-order valence-electron chi connectivity index (χ2n) is 7.35. The van der Waals surface area contributed by atoms with Gasteiger partial charge in [-0.05, 0) is 44.9 Å². The maximum atomic E-state index is 12.3. The molecule has 0 aliphatic heterocycles. The largest absolute Gasteiger partial charge is 0.473 e. The van der Waals surface area contributed by atoms with Crippen molar-refractivity contribution in [2.75, 3.05) is 0 Å². The second kappa shape index (κ2) is 6.91. The normalized spacial score (nSPS) is 19.4. The highest BCUT2D eigenvalue weighted by Crippen LogP contribution is 2.54. The predicted octanol–water partition coefficient (Wildman–Crippen LogP) is 5.30. The standard InChI is InChI=1S/C15H33O4P/c1-9-14(7,10-2)18-20(16,17)19-15(8,11-3)12-13(4,5)6/h9-12H2,1-8H3,(H,16,17). The summed E-state index contributed by atoms with van der Waals surface area (Å²) in [6.07, 6.45) is 2.69. The van der Waals surface area contributed by atoms with Crippen LogP contribution in [-0.2, 0) is 13.6 Å². The third kappa shape index (κ3) is 7.21. The van der Waals surface area contributed by atoms with Crippen molar-refractivity contribution in [1.82, 2.24) is 0 Å². The van der Waals surface area contributed by atoms with Crippen molar-refractivity contribution in [3.8, 4) is 0 Å². The van der Waals surface area contributed by atoms with Gasteiger partial charge < -0.3 is 4.89 Å². The van der Waals surface area contributed by atoms with Gasteiger partial charge in [0, 0.05) is 0 Å². The van der Waals surface area contributed by atoms with Gasteiger partial charge in [-0.15, -0.1) is 0 Å². The Hall–Kier alpha value is 0.110. The molecular formula is C15H33O4P. The zero-order chi connectivity index (χ0) is 16.2. The van der Waals surface area contributed by atoms with Crippen LogP contribution < -0.4 is 0 Å². The van der Waals surface area contributed by atoms with Crippen LogP contribution in [0.3, 0.4) is 0 Å². The minimum atomic E-state index is -4.07. The molecule has 0 radical (unpaired) electrons. The fourth-order valence-electron chi connectivity index (χ4n) is 2.30. The van der Waals surface area contributed by atoms with Crippen LogP contribution in [0.5, 0.6) is 0 Å². The van der Waals surface area contributed by atoms with Gasteiger partial charge in [0.1, 0.15) is 0 Å². The molecule has 0 saturated heterocycles. The van der Waals surface area contributed by atoms with Gasteiger partial charge in [0.2, 0.25) is 0 Å². The summed E-state index contributed by atoms with van der Waals surface area (Å²) in [4.78, 5) is 10.1. The number of hydrogen-bond donors (Lipinski definition) is 1. The molecule has 0 aliphatic carbocycles. The maximum absolute atomic E-state index is 12.3. The van der Waals surface area contributed by atoms with E-state index >= 15 is 0 Å². The number of phosphoric ester groups is 1. The van der Waals surface area contributed by atoms with E-state index in [9.17, 15) is 9.46 Å². The van der Waals surface area contributed by atoms with E-state index in [1.165, 1.54) is 0 Å². The highest BCUT2D eigenvalue weighted by Gasteiger charge is 2.40. The molecule has 122 valence electrons. The van der Waals surface area contributed by atoms with E-state index in [4.69, 9.17) is 9.05 Å². The summed E-state index contributed by atoms with van der Waals surface area (Å²) in [6.45, 7) is 15.8.